The lowest BCUT2D eigenvalue weighted by atomic mass is 10.0. The molecule has 0 aliphatic heterocycles. The molecular formula is C24H51N3. The van der Waals surface area contributed by atoms with Crippen molar-refractivity contribution < 1.29 is 0 Å². The van der Waals surface area contributed by atoms with E-state index in [4.69, 9.17) is 5.73 Å². The number of allylic oxidation sites excluding steroid dienone is 1. The summed E-state index contributed by atoms with van der Waals surface area (Å²) in [4.78, 5) is 0. The average Bonchev–Trinajstić information content (AvgIpc) is 2.68. The van der Waals surface area contributed by atoms with E-state index >= 15 is 0 Å². The summed E-state index contributed by atoms with van der Waals surface area (Å²) in [5, 5.41) is 6.78. The maximum atomic E-state index is 5.46. The zero-order valence-corrected chi connectivity index (χ0v) is 18.6. The molecule has 27 heavy (non-hydrogen) atoms. The molecule has 0 radical (unpaired) electrons. The number of unbranched alkanes of at least 4 members (excludes halogenated alkanes) is 14. The van der Waals surface area contributed by atoms with Gasteiger partial charge in [0.25, 0.3) is 0 Å². The third-order valence-corrected chi connectivity index (χ3v) is 5.19. The summed E-state index contributed by atoms with van der Waals surface area (Å²) >= 11 is 0. The Kier molecular flexibility index (Phi) is 25.0. The molecule has 4 N–H and O–H groups in total. The van der Waals surface area contributed by atoms with E-state index in [9.17, 15) is 0 Å². The molecule has 0 spiro atoms. The van der Waals surface area contributed by atoms with Crippen LogP contribution >= 0.6 is 0 Å². The van der Waals surface area contributed by atoms with Crippen LogP contribution in [0.15, 0.2) is 12.3 Å². The Morgan fingerprint density at radius 2 is 1.11 bits per heavy atom. The van der Waals surface area contributed by atoms with Gasteiger partial charge in [0.05, 0.1) is 0 Å². The fourth-order valence-corrected chi connectivity index (χ4v) is 3.37. The highest BCUT2D eigenvalue weighted by Gasteiger charge is 1.93. The van der Waals surface area contributed by atoms with Crippen LogP contribution in [0.3, 0.4) is 0 Å². The summed E-state index contributed by atoms with van der Waals surface area (Å²) in [5.41, 5.74) is 5.46. The van der Waals surface area contributed by atoms with E-state index < -0.39 is 0 Å². The minimum absolute atomic E-state index is 0.785. The lowest BCUT2D eigenvalue weighted by Crippen LogP contribution is -2.22. The zero-order chi connectivity index (χ0) is 19.7. The highest BCUT2D eigenvalue weighted by atomic mass is 14.9. The Labute approximate surface area is 171 Å². The molecule has 0 saturated heterocycles. The van der Waals surface area contributed by atoms with Crippen molar-refractivity contribution in [1.82, 2.24) is 10.6 Å². The normalized spacial score (nSPS) is 11.5. The van der Waals surface area contributed by atoms with Crippen molar-refractivity contribution in [3.05, 3.63) is 12.3 Å². The predicted octanol–water partition coefficient (Wildman–Crippen LogP) is 6.29. The van der Waals surface area contributed by atoms with Crippen LogP contribution < -0.4 is 16.4 Å². The van der Waals surface area contributed by atoms with Gasteiger partial charge in [0.2, 0.25) is 0 Å². The van der Waals surface area contributed by atoms with Gasteiger partial charge in [0.1, 0.15) is 0 Å². The number of hydrogen-bond donors (Lipinski definition) is 3. The Morgan fingerprint density at radius 1 is 0.593 bits per heavy atom. The van der Waals surface area contributed by atoms with Crippen molar-refractivity contribution in [1.29, 1.82) is 0 Å². The molecule has 0 heterocycles. The van der Waals surface area contributed by atoms with E-state index in [1.807, 2.05) is 0 Å². The summed E-state index contributed by atoms with van der Waals surface area (Å²) in [5.74, 6) is 0. The van der Waals surface area contributed by atoms with Gasteiger partial charge < -0.3 is 16.4 Å². The molecule has 0 aromatic rings. The van der Waals surface area contributed by atoms with Crippen LogP contribution in [-0.2, 0) is 0 Å². The average molecular weight is 382 g/mol. The Hall–Kier alpha value is -0.540. The van der Waals surface area contributed by atoms with Crippen molar-refractivity contribution in [2.24, 2.45) is 5.73 Å². The van der Waals surface area contributed by atoms with Gasteiger partial charge in [-0.1, -0.05) is 96.5 Å². The molecule has 0 saturated carbocycles. The highest BCUT2D eigenvalue weighted by molar-refractivity contribution is 4.79. The highest BCUT2D eigenvalue weighted by Crippen LogP contribution is 2.13. The second kappa shape index (κ2) is 25.5. The Morgan fingerprint density at radius 3 is 1.67 bits per heavy atom. The first-order valence-corrected chi connectivity index (χ1v) is 12.2. The van der Waals surface area contributed by atoms with E-state index in [0.29, 0.717) is 0 Å². The Bertz CT molecular complexity index is 279. The van der Waals surface area contributed by atoms with Crippen molar-refractivity contribution in [3.63, 3.8) is 0 Å². The summed E-state index contributed by atoms with van der Waals surface area (Å²) in [6.07, 6.45) is 28.0. The zero-order valence-electron chi connectivity index (χ0n) is 18.6. The van der Waals surface area contributed by atoms with Gasteiger partial charge >= 0.3 is 0 Å². The molecule has 0 aliphatic rings. The predicted molar refractivity (Wildman–Crippen MR) is 123 cm³/mol. The van der Waals surface area contributed by atoms with Gasteiger partial charge in [-0.15, -0.1) is 0 Å². The van der Waals surface area contributed by atoms with Gasteiger partial charge in [0, 0.05) is 6.54 Å². The molecule has 162 valence electrons. The van der Waals surface area contributed by atoms with Crippen molar-refractivity contribution in [2.75, 3.05) is 26.2 Å². The van der Waals surface area contributed by atoms with Crippen molar-refractivity contribution >= 4 is 0 Å². The summed E-state index contributed by atoms with van der Waals surface area (Å²) < 4.78 is 0. The standard InChI is InChI=1S/C24H51N3/c1-2-3-4-5-6-7-8-9-10-11-12-13-14-15-16-17-21-26-23-19-24-27-22-18-20-25/h17,21,26-27H,2-16,18-20,22-25H2,1H3. The van der Waals surface area contributed by atoms with Crippen LogP contribution in [0.2, 0.25) is 0 Å². The topological polar surface area (TPSA) is 50.1 Å². The molecule has 0 unspecified atom stereocenters. The summed E-state index contributed by atoms with van der Waals surface area (Å²) in [7, 11) is 0. The molecule has 0 aliphatic carbocycles. The Balaban J connectivity index is 3.04. The van der Waals surface area contributed by atoms with Crippen LogP contribution in [-0.4, -0.2) is 26.2 Å². The van der Waals surface area contributed by atoms with E-state index in [1.54, 1.807) is 0 Å². The van der Waals surface area contributed by atoms with Gasteiger partial charge in [-0.2, -0.15) is 0 Å². The number of rotatable bonds is 23. The van der Waals surface area contributed by atoms with Crippen LogP contribution in [0.25, 0.3) is 0 Å². The first-order chi connectivity index (χ1) is 13.4. The number of hydrogen-bond acceptors (Lipinski definition) is 3. The third kappa shape index (κ3) is 25.5. The number of nitrogens with one attached hydrogen (secondary N) is 2. The molecule has 3 heteroatoms. The largest absolute Gasteiger partial charge is 0.391 e. The van der Waals surface area contributed by atoms with Gasteiger partial charge in [-0.25, -0.2) is 0 Å². The molecule has 0 bridgehead atoms. The van der Waals surface area contributed by atoms with Crippen molar-refractivity contribution in [3.8, 4) is 0 Å². The first-order valence-electron chi connectivity index (χ1n) is 12.2. The van der Waals surface area contributed by atoms with Gasteiger partial charge in [0.15, 0.2) is 0 Å². The van der Waals surface area contributed by atoms with E-state index in [1.165, 1.54) is 103 Å². The second-order valence-electron chi connectivity index (χ2n) is 7.99. The van der Waals surface area contributed by atoms with Crippen LogP contribution in [0.4, 0.5) is 0 Å². The quantitative estimate of drug-likeness (QED) is 0.182. The maximum absolute atomic E-state index is 5.46. The minimum atomic E-state index is 0.785. The summed E-state index contributed by atoms with van der Waals surface area (Å²) in [6.45, 7) is 6.27. The van der Waals surface area contributed by atoms with Crippen molar-refractivity contribution in [2.45, 2.75) is 116 Å². The molecule has 0 aromatic carbocycles. The fraction of sp³-hybridized carbons (Fsp3) is 0.917. The third-order valence-electron chi connectivity index (χ3n) is 5.19. The lowest BCUT2D eigenvalue weighted by Gasteiger charge is -2.04. The van der Waals surface area contributed by atoms with Gasteiger partial charge in [-0.05, 0) is 51.5 Å². The molecule has 0 amide bonds. The van der Waals surface area contributed by atoms with Gasteiger partial charge in [-0.3, -0.25) is 0 Å². The molecule has 0 aromatic heterocycles. The van der Waals surface area contributed by atoms with Crippen LogP contribution in [0, 0.1) is 0 Å². The molecule has 0 atom stereocenters. The monoisotopic (exact) mass is 381 g/mol. The first kappa shape index (κ1) is 26.5. The van der Waals surface area contributed by atoms with E-state index in [0.717, 1.165) is 32.6 Å². The summed E-state index contributed by atoms with van der Waals surface area (Å²) in [6, 6.07) is 0. The maximum Gasteiger partial charge on any atom is 0.0153 e. The molecule has 0 rings (SSSR count). The number of nitrogens with two attached hydrogens (primary N) is 1. The van der Waals surface area contributed by atoms with E-state index in [-0.39, 0.29) is 0 Å². The van der Waals surface area contributed by atoms with E-state index in [2.05, 4.69) is 29.8 Å². The fourth-order valence-electron chi connectivity index (χ4n) is 3.37. The lowest BCUT2D eigenvalue weighted by molar-refractivity contribution is 0.536. The smallest absolute Gasteiger partial charge is 0.0153 e. The second-order valence-corrected chi connectivity index (χ2v) is 7.99. The molecular weight excluding hydrogens is 330 g/mol. The SMILES string of the molecule is CCCCCCCCCCCCCCCCC=CNCCCNCCCN. The minimum Gasteiger partial charge on any atom is -0.391 e. The van der Waals surface area contributed by atoms with Crippen LogP contribution in [0.5, 0.6) is 0 Å². The molecule has 0 fully saturated rings. The molecule has 3 nitrogen and oxygen atoms in total. The van der Waals surface area contributed by atoms with Crippen LogP contribution in [0.1, 0.15) is 116 Å².